The molecule has 1 aliphatic heterocycles. The number of halogens is 1. The summed E-state index contributed by atoms with van der Waals surface area (Å²) in [5.41, 5.74) is 1.50. The quantitative estimate of drug-likeness (QED) is 0.733. The second kappa shape index (κ2) is 9.48. The number of nitrogens with zero attached hydrogens (tertiary/aromatic N) is 5. The molecule has 28 heavy (non-hydrogen) atoms. The number of benzene rings is 1. The van der Waals surface area contributed by atoms with E-state index in [2.05, 4.69) is 33.6 Å². The van der Waals surface area contributed by atoms with Gasteiger partial charge in [-0.2, -0.15) is 0 Å². The lowest BCUT2D eigenvalue weighted by atomic mass is 10.2. The lowest BCUT2D eigenvalue weighted by Gasteiger charge is -2.36. The fraction of sp³-hybridized carbons (Fsp3) is 0.476. The molecule has 2 aromatic rings. The maximum atomic E-state index is 13.1. The summed E-state index contributed by atoms with van der Waals surface area (Å²) in [6, 6.07) is 6.48. The minimum atomic E-state index is -0.238. The first-order valence-electron chi connectivity index (χ1n) is 9.99. The van der Waals surface area contributed by atoms with Gasteiger partial charge >= 0.3 is 0 Å². The van der Waals surface area contributed by atoms with Crippen LogP contribution in [0.25, 0.3) is 0 Å². The zero-order valence-electron chi connectivity index (χ0n) is 16.6. The number of aromatic nitrogens is 2. The second-order valence-electron chi connectivity index (χ2n) is 7.01. The lowest BCUT2D eigenvalue weighted by Crippen LogP contribution is -2.48. The predicted octanol–water partition coefficient (Wildman–Crippen LogP) is 3.20. The van der Waals surface area contributed by atoms with Gasteiger partial charge in [0, 0.05) is 57.3 Å². The number of amides is 1. The van der Waals surface area contributed by atoms with Crippen LogP contribution in [0, 0.1) is 5.82 Å². The molecule has 0 aliphatic carbocycles. The van der Waals surface area contributed by atoms with Crippen molar-refractivity contribution in [3.8, 4) is 0 Å². The van der Waals surface area contributed by atoms with Gasteiger partial charge in [-0.1, -0.05) is 13.8 Å². The Balaban J connectivity index is 1.59. The molecule has 0 spiro atoms. The molecule has 1 saturated heterocycles. The molecule has 1 aliphatic rings. The molecule has 3 rings (SSSR count). The summed E-state index contributed by atoms with van der Waals surface area (Å²) in [6.07, 6.45) is 5.33. The summed E-state index contributed by atoms with van der Waals surface area (Å²) >= 11 is 0. The third-order valence-corrected chi connectivity index (χ3v) is 4.91. The van der Waals surface area contributed by atoms with E-state index in [0.29, 0.717) is 24.6 Å². The molecule has 0 bridgehead atoms. The Kier molecular flexibility index (Phi) is 6.79. The number of hydrogen-bond donors (Lipinski definition) is 0. The van der Waals surface area contributed by atoms with E-state index >= 15 is 0 Å². The molecule has 7 heteroatoms. The van der Waals surface area contributed by atoms with Gasteiger partial charge in [0.2, 0.25) is 5.95 Å². The van der Waals surface area contributed by atoms with Crippen LogP contribution in [0.15, 0.2) is 36.7 Å². The Hall–Kier alpha value is -2.70. The van der Waals surface area contributed by atoms with Crippen molar-refractivity contribution in [3.05, 3.63) is 48.0 Å². The third-order valence-electron chi connectivity index (χ3n) is 4.91. The predicted molar refractivity (Wildman–Crippen MR) is 109 cm³/mol. The molecule has 0 unspecified atom stereocenters. The molecule has 1 fully saturated rings. The summed E-state index contributed by atoms with van der Waals surface area (Å²) in [6.45, 7) is 8.76. The van der Waals surface area contributed by atoms with Crippen LogP contribution in [-0.4, -0.2) is 60.0 Å². The number of hydrogen-bond acceptors (Lipinski definition) is 5. The van der Waals surface area contributed by atoms with E-state index in [0.717, 1.165) is 44.7 Å². The molecule has 150 valence electrons. The fourth-order valence-electron chi connectivity index (χ4n) is 3.45. The zero-order valence-corrected chi connectivity index (χ0v) is 16.6. The highest BCUT2D eigenvalue weighted by atomic mass is 19.1. The van der Waals surface area contributed by atoms with Crippen LogP contribution >= 0.6 is 0 Å². The Morgan fingerprint density at radius 2 is 1.57 bits per heavy atom. The van der Waals surface area contributed by atoms with Crippen molar-refractivity contribution in [3.63, 3.8) is 0 Å². The minimum absolute atomic E-state index is 0.0390. The summed E-state index contributed by atoms with van der Waals surface area (Å²) in [4.78, 5) is 27.8. The number of carbonyl (C=O) groups is 1. The normalized spacial score (nSPS) is 14.2. The smallest absolute Gasteiger partial charge is 0.257 e. The van der Waals surface area contributed by atoms with Gasteiger partial charge in [-0.15, -0.1) is 0 Å². The first-order valence-corrected chi connectivity index (χ1v) is 9.99. The van der Waals surface area contributed by atoms with E-state index in [9.17, 15) is 9.18 Å². The monoisotopic (exact) mass is 385 g/mol. The third kappa shape index (κ3) is 4.77. The topological polar surface area (TPSA) is 52.6 Å². The van der Waals surface area contributed by atoms with E-state index < -0.39 is 0 Å². The van der Waals surface area contributed by atoms with Crippen LogP contribution in [0.4, 0.5) is 16.0 Å². The van der Waals surface area contributed by atoms with Gasteiger partial charge in [0.15, 0.2) is 0 Å². The number of anilines is 2. The SMILES string of the molecule is CCCN(CCC)c1ncc(C(=O)N2CCN(c3ccc(F)cc3)CC2)cn1. The highest BCUT2D eigenvalue weighted by Crippen LogP contribution is 2.18. The van der Waals surface area contributed by atoms with Gasteiger partial charge < -0.3 is 14.7 Å². The molecular weight excluding hydrogens is 357 g/mol. The van der Waals surface area contributed by atoms with Crippen molar-refractivity contribution in [2.45, 2.75) is 26.7 Å². The highest BCUT2D eigenvalue weighted by Gasteiger charge is 2.23. The number of carbonyl (C=O) groups excluding carboxylic acids is 1. The highest BCUT2D eigenvalue weighted by molar-refractivity contribution is 5.93. The van der Waals surface area contributed by atoms with Crippen LogP contribution in [0.3, 0.4) is 0 Å². The van der Waals surface area contributed by atoms with Crippen LogP contribution in [0.5, 0.6) is 0 Å². The Morgan fingerprint density at radius 1 is 1.00 bits per heavy atom. The van der Waals surface area contributed by atoms with Crippen molar-refractivity contribution >= 4 is 17.5 Å². The van der Waals surface area contributed by atoms with Crippen molar-refractivity contribution < 1.29 is 9.18 Å². The molecule has 0 N–H and O–H groups in total. The minimum Gasteiger partial charge on any atom is -0.368 e. The van der Waals surface area contributed by atoms with Crippen molar-refractivity contribution in [1.29, 1.82) is 0 Å². The van der Waals surface area contributed by atoms with Crippen LogP contribution in [0.2, 0.25) is 0 Å². The van der Waals surface area contributed by atoms with Crippen LogP contribution in [0.1, 0.15) is 37.0 Å². The number of rotatable bonds is 7. The molecule has 0 radical (unpaired) electrons. The molecule has 6 nitrogen and oxygen atoms in total. The molecule has 1 aromatic carbocycles. The molecule has 0 saturated carbocycles. The van der Waals surface area contributed by atoms with Crippen LogP contribution in [-0.2, 0) is 0 Å². The Bertz CT molecular complexity index is 751. The first-order chi connectivity index (χ1) is 13.6. The summed E-state index contributed by atoms with van der Waals surface area (Å²) in [7, 11) is 0. The lowest BCUT2D eigenvalue weighted by molar-refractivity contribution is 0.0746. The Labute approximate surface area is 166 Å². The fourth-order valence-corrected chi connectivity index (χ4v) is 3.45. The second-order valence-corrected chi connectivity index (χ2v) is 7.01. The molecule has 2 heterocycles. The average molecular weight is 385 g/mol. The molecular formula is C21H28FN5O. The van der Waals surface area contributed by atoms with Gasteiger partial charge in [0.25, 0.3) is 5.91 Å². The van der Waals surface area contributed by atoms with Gasteiger partial charge in [-0.05, 0) is 37.1 Å². The van der Waals surface area contributed by atoms with E-state index in [-0.39, 0.29) is 11.7 Å². The molecule has 1 amide bonds. The van der Waals surface area contributed by atoms with E-state index in [1.165, 1.54) is 12.1 Å². The van der Waals surface area contributed by atoms with Gasteiger partial charge in [0.1, 0.15) is 5.82 Å². The van der Waals surface area contributed by atoms with Crippen LogP contribution < -0.4 is 9.80 Å². The summed E-state index contributed by atoms with van der Waals surface area (Å²) in [5, 5.41) is 0. The van der Waals surface area contributed by atoms with Crippen molar-refractivity contribution in [1.82, 2.24) is 14.9 Å². The first kappa shape index (κ1) is 20.0. The standard InChI is InChI=1S/C21H28FN5O/c1-3-9-27(10-4-2)21-23-15-17(16-24-21)20(28)26-13-11-25(12-14-26)19-7-5-18(22)6-8-19/h5-8,15-16H,3-4,9-14H2,1-2H3. The zero-order chi connectivity index (χ0) is 19.9. The average Bonchev–Trinajstić information content (AvgIpc) is 2.74. The van der Waals surface area contributed by atoms with E-state index in [4.69, 9.17) is 0 Å². The van der Waals surface area contributed by atoms with Crippen molar-refractivity contribution in [2.24, 2.45) is 0 Å². The number of piperazine rings is 1. The van der Waals surface area contributed by atoms with E-state index in [1.807, 2.05) is 4.90 Å². The summed E-state index contributed by atoms with van der Waals surface area (Å²) in [5.74, 6) is 0.404. The van der Waals surface area contributed by atoms with Gasteiger partial charge in [-0.25, -0.2) is 14.4 Å². The van der Waals surface area contributed by atoms with Gasteiger partial charge in [0.05, 0.1) is 5.56 Å². The van der Waals surface area contributed by atoms with Crippen molar-refractivity contribution in [2.75, 3.05) is 49.1 Å². The maximum Gasteiger partial charge on any atom is 0.257 e. The Morgan fingerprint density at radius 3 is 2.11 bits per heavy atom. The van der Waals surface area contributed by atoms with Gasteiger partial charge in [-0.3, -0.25) is 4.79 Å². The maximum absolute atomic E-state index is 13.1. The van der Waals surface area contributed by atoms with E-state index in [1.54, 1.807) is 24.5 Å². The largest absolute Gasteiger partial charge is 0.368 e. The summed E-state index contributed by atoms with van der Waals surface area (Å²) < 4.78 is 13.1. The molecule has 1 aromatic heterocycles. The molecule has 0 atom stereocenters.